The van der Waals surface area contributed by atoms with E-state index >= 15 is 0 Å². The summed E-state index contributed by atoms with van der Waals surface area (Å²) >= 11 is 0. The third kappa shape index (κ3) is 8.28. The molecule has 0 bridgehead atoms. The average molecular weight is 1030 g/mol. The van der Waals surface area contributed by atoms with Crippen LogP contribution < -0.4 is 14.5 Å². The van der Waals surface area contributed by atoms with Gasteiger partial charge in [0.2, 0.25) is 0 Å². The van der Waals surface area contributed by atoms with Crippen molar-refractivity contribution in [3.05, 3.63) is 211 Å². The number of benzene rings is 7. The molecule has 6 heteroatoms. The molecule has 0 spiro atoms. The van der Waals surface area contributed by atoms with Gasteiger partial charge in [-0.3, -0.25) is 0 Å². The summed E-state index contributed by atoms with van der Waals surface area (Å²) in [5.74, 6) is 2.06. The van der Waals surface area contributed by atoms with Gasteiger partial charge in [-0.05, 0) is 92.1 Å². The van der Waals surface area contributed by atoms with Crippen LogP contribution in [0.5, 0.6) is 11.5 Å². The second kappa shape index (κ2) is 16.9. The van der Waals surface area contributed by atoms with E-state index in [-0.39, 0.29) is 37.3 Å². The Morgan fingerprint density at radius 1 is 0.508 bits per heavy atom. The quantitative estimate of drug-likeness (QED) is 0.142. The van der Waals surface area contributed by atoms with E-state index in [1.165, 1.54) is 33.4 Å². The second-order valence-electron chi connectivity index (χ2n) is 19.5. The smallest absolute Gasteiger partial charge is 0.135 e. The number of nitrogens with zero attached hydrogens (tertiary/aromatic N) is 4. The monoisotopic (exact) mass is 1030 g/mol. The van der Waals surface area contributed by atoms with E-state index in [0.29, 0.717) is 11.5 Å². The molecule has 0 unspecified atom stereocenters. The largest absolute Gasteiger partial charge is 0.509 e. The second-order valence-corrected chi connectivity index (χ2v) is 19.5. The molecule has 0 saturated carbocycles. The molecule has 0 amide bonds. The minimum absolute atomic E-state index is 0. The number of ether oxygens (including phenoxy) is 1. The minimum Gasteiger partial charge on any atom is -0.509 e. The van der Waals surface area contributed by atoms with Crippen molar-refractivity contribution in [2.45, 2.75) is 71.6 Å². The van der Waals surface area contributed by atoms with Crippen LogP contribution in [-0.2, 0) is 37.3 Å². The molecule has 2 aromatic heterocycles. The maximum absolute atomic E-state index is 6.68. The number of anilines is 4. The molecular formula is C59H53N4OPt-3. The molecule has 1 aliphatic heterocycles. The SMILES string of the molecule is CC(C)(C)c1ccnc(-n2c3[c-]c(Oc4[c-]c(N5[CH-]N(c6cc(-c7ccccc7)cc(C(C)(C)c7ccccc7)c6)c6cc(C(C)(C)C)ccc65)ccc4)ccc3c3ccccc32)c1.[Pt]. The summed E-state index contributed by atoms with van der Waals surface area (Å²) in [6, 6.07) is 65.6. The number of para-hydroxylation sites is 1. The van der Waals surface area contributed by atoms with Gasteiger partial charge in [0.25, 0.3) is 0 Å². The molecule has 10 rings (SSSR count). The Bertz CT molecular complexity index is 3180. The Labute approximate surface area is 398 Å². The molecule has 5 nitrogen and oxygen atoms in total. The van der Waals surface area contributed by atoms with Crippen LogP contribution in [0.25, 0.3) is 38.8 Å². The molecule has 9 aromatic rings. The van der Waals surface area contributed by atoms with Gasteiger partial charge in [0.05, 0.1) is 0 Å². The number of rotatable bonds is 8. The first kappa shape index (κ1) is 43.8. The van der Waals surface area contributed by atoms with Crippen molar-refractivity contribution in [1.82, 2.24) is 9.55 Å². The summed E-state index contributed by atoms with van der Waals surface area (Å²) in [5.41, 5.74) is 13.1. The molecule has 0 atom stereocenters. The number of aromatic nitrogens is 2. The fourth-order valence-corrected chi connectivity index (χ4v) is 8.89. The van der Waals surface area contributed by atoms with Crippen molar-refractivity contribution in [1.29, 1.82) is 0 Å². The predicted octanol–water partition coefficient (Wildman–Crippen LogP) is 15.6. The van der Waals surface area contributed by atoms with Crippen LogP contribution in [0.15, 0.2) is 170 Å². The summed E-state index contributed by atoms with van der Waals surface area (Å²) in [6.07, 6.45) is 1.90. The molecule has 7 aromatic carbocycles. The molecule has 65 heavy (non-hydrogen) atoms. The third-order valence-electron chi connectivity index (χ3n) is 12.7. The summed E-state index contributed by atoms with van der Waals surface area (Å²) < 4.78 is 8.87. The Kier molecular flexibility index (Phi) is 11.4. The fraction of sp³-hybridized carbons (Fsp3) is 0.186. The first-order chi connectivity index (χ1) is 30.7. The molecule has 0 fully saturated rings. The minimum atomic E-state index is -0.253. The Morgan fingerprint density at radius 3 is 1.95 bits per heavy atom. The molecule has 0 saturated heterocycles. The van der Waals surface area contributed by atoms with Gasteiger partial charge < -0.3 is 19.1 Å². The molecule has 0 N–H and O–H groups in total. The number of pyridine rings is 1. The predicted molar refractivity (Wildman–Crippen MR) is 266 cm³/mol. The zero-order chi connectivity index (χ0) is 44.4. The summed E-state index contributed by atoms with van der Waals surface area (Å²) in [5, 5.41) is 2.23. The first-order valence-electron chi connectivity index (χ1n) is 22.2. The number of fused-ring (bicyclic) bond motifs is 4. The van der Waals surface area contributed by atoms with E-state index in [4.69, 9.17) is 9.72 Å². The Hall–Kier alpha value is -6.42. The molecule has 3 heterocycles. The molecule has 0 radical (unpaired) electrons. The molecule has 328 valence electrons. The van der Waals surface area contributed by atoms with E-state index in [1.54, 1.807) is 0 Å². The van der Waals surface area contributed by atoms with Crippen molar-refractivity contribution < 1.29 is 25.8 Å². The number of hydrogen-bond acceptors (Lipinski definition) is 4. The third-order valence-corrected chi connectivity index (χ3v) is 12.7. The van der Waals surface area contributed by atoms with Crippen LogP contribution in [0.4, 0.5) is 22.7 Å². The van der Waals surface area contributed by atoms with Crippen LogP contribution in [0, 0.1) is 18.8 Å². The maximum atomic E-state index is 6.68. The summed E-state index contributed by atoms with van der Waals surface area (Å²) in [7, 11) is 0. The van der Waals surface area contributed by atoms with Crippen LogP contribution in [0.1, 0.15) is 77.6 Å². The molecular weight excluding hydrogens is 976 g/mol. The van der Waals surface area contributed by atoms with Gasteiger partial charge in [-0.25, -0.2) is 4.98 Å². The van der Waals surface area contributed by atoms with Crippen molar-refractivity contribution in [2.75, 3.05) is 9.80 Å². The Balaban J connectivity index is 0.00000533. The zero-order valence-corrected chi connectivity index (χ0v) is 40.5. The standard InChI is InChI=1S/C59H53N4O.Pt/c1-57(2,3)43-26-29-53-55(35-43)62(47-33-41(40-18-11-9-12-19-40)32-45(34-47)59(7,8)42-20-13-10-14-21-42)39-61(53)46-22-17-23-48(37-46)64-49-27-28-51-50-24-15-16-25-52(50)63(54(51)38-49)56-36-44(30-31-60-56)58(4,5)6;/h9-36,39H,1-8H3;/q-3;. The maximum Gasteiger partial charge on any atom is 0.135 e. The van der Waals surface area contributed by atoms with Crippen molar-refractivity contribution in [3.8, 4) is 28.4 Å². The van der Waals surface area contributed by atoms with Crippen LogP contribution in [0.2, 0.25) is 0 Å². The van der Waals surface area contributed by atoms with Crippen LogP contribution in [0.3, 0.4) is 0 Å². The topological polar surface area (TPSA) is 33.5 Å². The average Bonchev–Trinajstić information content (AvgIpc) is 3.85. The van der Waals surface area contributed by atoms with Gasteiger partial charge in [-0.2, -0.15) is 12.1 Å². The van der Waals surface area contributed by atoms with E-state index in [0.717, 1.165) is 50.4 Å². The van der Waals surface area contributed by atoms with Crippen molar-refractivity contribution in [2.24, 2.45) is 0 Å². The van der Waals surface area contributed by atoms with Crippen molar-refractivity contribution in [3.63, 3.8) is 0 Å². The fourth-order valence-electron chi connectivity index (χ4n) is 8.89. The first-order valence-corrected chi connectivity index (χ1v) is 22.2. The molecule has 1 aliphatic rings. The van der Waals surface area contributed by atoms with E-state index < -0.39 is 0 Å². The number of hydrogen-bond donors (Lipinski definition) is 0. The van der Waals surface area contributed by atoms with Gasteiger partial charge >= 0.3 is 0 Å². The van der Waals surface area contributed by atoms with Crippen LogP contribution in [-0.4, -0.2) is 9.55 Å². The summed E-state index contributed by atoms with van der Waals surface area (Å²) in [6.45, 7) is 20.3. The van der Waals surface area contributed by atoms with Gasteiger partial charge in [0.15, 0.2) is 0 Å². The Morgan fingerprint density at radius 2 is 1.20 bits per heavy atom. The van der Waals surface area contributed by atoms with Gasteiger partial charge in [0.1, 0.15) is 5.82 Å². The van der Waals surface area contributed by atoms with Gasteiger partial charge in [-0.15, -0.1) is 48.1 Å². The normalized spacial score (nSPS) is 13.0. The van der Waals surface area contributed by atoms with Gasteiger partial charge in [-0.1, -0.05) is 152 Å². The van der Waals surface area contributed by atoms with E-state index in [9.17, 15) is 0 Å². The van der Waals surface area contributed by atoms with E-state index in [2.05, 4.69) is 234 Å². The zero-order valence-electron chi connectivity index (χ0n) is 38.3. The van der Waals surface area contributed by atoms with Crippen LogP contribution >= 0.6 is 0 Å². The summed E-state index contributed by atoms with van der Waals surface area (Å²) in [4.78, 5) is 9.43. The van der Waals surface area contributed by atoms with E-state index in [1.807, 2.05) is 24.4 Å². The van der Waals surface area contributed by atoms with Gasteiger partial charge in [0, 0.05) is 66.8 Å². The van der Waals surface area contributed by atoms with Crippen molar-refractivity contribution >= 4 is 44.6 Å². The molecule has 0 aliphatic carbocycles.